The van der Waals surface area contributed by atoms with Crippen LogP contribution in [0, 0.1) is 6.92 Å². The Kier molecular flexibility index (Phi) is 7.07. The molecule has 7 rings (SSSR count). The monoisotopic (exact) mass is 588 g/mol. The van der Waals surface area contributed by atoms with Crippen LogP contribution < -0.4 is 0 Å². The van der Waals surface area contributed by atoms with Crippen molar-refractivity contribution in [1.82, 2.24) is 30.2 Å². The molecule has 7 aromatic rings. The Bertz CT molecular complexity index is 1990. The summed E-state index contributed by atoms with van der Waals surface area (Å²) in [7, 11) is 0. The van der Waals surface area contributed by atoms with E-state index in [1.165, 1.54) is 0 Å². The SMILES string of the molecule is Cc1nc(-c2ccc(-c3ccccc3-c3nnnn3C(c3ccccc3)(c3ccccc3)c3ccccc3)cc2)c(C(=O)O)[nH]1. The van der Waals surface area contributed by atoms with Gasteiger partial charge in [-0.25, -0.2) is 14.5 Å². The normalized spacial score (nSPS) is 11.4. The topological polar surface area (TPSA) is 110 Å². The van der Waals surface area contributed by atoms with Gasteiger partial charge in [0.15, 0.2) is 11.5 Å². The van der Waals surface area contributed by atoms with E-state index < -0.39 is 11.5 Å². The molecule has 0 atom stereocenters. The van der Waals surface area contributed by atoms with Crippen molar-refractivity contribution in [2.24, 2.45) is 0 Å². The third kappa shape index (κ3) is 4.78. The maximum atomic E-state index is 11.8. The molecule has 5 aromatic carbocycles. The first-order valence-electron chi connectivity index (χ1n) is 14.5. The quantitative estimate of drug-likeness (QED) is 0.181. The van der Waals surface area contributed by atoms with Crippen LogP contribution in [-0.4, -0.2) is 41.3 Å². The Hall–Kier alpha value is -6.15. The number of aromatic carboxylic acids is 1. The first kappa shape index (κ1) is 27.7. The van der Waals surface area contributed by atoms with Crippen molar-refractivity contribution in [2.45, 2.75) is 12.5 Å². The van der Waals surface area contributed by atoms with Gasteiger partial charge in [-0.1, -0.05) is 140 Å². The molecule has 0 fully saturated rings. The van der Waals surface area contributed by atoms with E-state index in [-0.39, 0.29) is 5.69 Å². The van der Waals surface area contributed by atoms with Gasteiger partial charge in [0.05, 0.1) is 0 Å². The molecule has 0 unspecified atom stereocenters. The second-order valence-corrected chi connectivity index (χ2v) is 10.7. The highest BCUT2D eigenvalue weighted by Crippen LogP contribution is 2.43. The number of aryl methyl sites for hydroxylation is 1. The molecular weight excluding hydrogens is 560 g/mol. The average molecular weight is 589 g/mol. The maximum absolute atomic E-state index is 11.8. The lowest BCUT2D eigenvalue weighted by molar-refractivity contribution is 0.0692. The molecule has 2 aromatic heterocycles. The number of aromatic nitrogens is 6. The summed E-state index contributed by atoms with van der Waals surface area (Å²) in [5.41, 5.74) is 6.05. The Morgan fingerprint density at radius 3 is 1.69 bits per heavy atom. The number of tetrazole rings is 1. The fraction of sp³-hybridized carbons (Fsp3) is 0.0541. The molecule has 0 aliphatic rings. The van der Waals surface area contributed by atoms with Crippen molar-refractivity contribution >= 4 is 5.97 Å². The van der Waals surface area contributed by atoms with Crippen molar-refractivity contribution < 1.29 is 9.90 Å². The maximum Gasteiger partial charge on any atom is 0.354 e. The lowest BCUT2D eigenvalue weighted by Crippen LogP contribution is -2.39. The zero-order valence-electron chi connectivity index (χ0n) is 24.4. The molecule has 0 saturated heterocycles. The zero-order valence-corrected chi connectivity index (χ0v) is 24.4. The first-order valence-corrected chi connectivity index (χ1v) is 14.5. The van der Waals surface area contributed by atoms with Crippen molar-refractivity contribution in [2.75, 3.05) is 0 Å². The third-order valence-corrected chi connectivity index (χ3v) is 8.04. The summed E-state index contributed by atoms with van der Waals surface area (Å²) in [6.45, 7) is 1.74. The van der Waals surface area contributed by atoms with Gasteiger partial charge in [0, 0.05) is 11.1 Å². The molecule has 8 nitrogen and oxygen atoms in total. The minimum absolute atomic E-state index is 0.0684. The molecule has 2 heterocycles. The van der Waals surface area contributed by atoms with Crippen LogP contribution in [0.2, 0.25) is 0 Å². The Labute approximate surface area is 259 Å². The molecule has 8 heteroatoms. The second kappa shape index (κ2) is 11.5. The number of imidazole rings is 1. The summed E-state index contributed by atoms with van der Waals surface area (Å²) in [6.07, 6.45) is 0. The van der Waals surface area contributed by atoms with Gasteiger partial charge < -0.3 is 10.1 Å². The minimum atomic E-state index is -1.05. The van der Waals surface area contributed by atoms with E-state index in [2.05, 4.69) is 56.7 Å². The zero-order chi connectivity index (χ0) is 30.8. The van der Waals surface area contributed by atoms with Crippen LogP contribution in [0.4, 0.5) is 0 Å². The van der Waals surface area contributed by atoms with E-state index in [9.17, 15) is 9.90 Å². The van der Waals surface area contributed by atoms with E-state index in [1.54, 1.807) is 6.92 Å². The van der Waals surface area contributed by atoms with E-state index in [1.807, 2.05) is 108 Å². The molecular formula is C37H28N6O2. The lowest BCUT2D eigenvalue weighted by atomic mass is 9.77. The molecule has 0 bridgehead atoms. The summed E-state index contributed by atoms with van der Waals surface area (Å²) in [6, 6.07) is 46.6. The Morgan fingerprint density at radius 1 is 0.667 bits per heavy atom. The van der Waals surface area contributed by atoms with E-state index in [0.29, 0.717) is 22.9 Å². The van der Waals surface area contributed by atoms with Crippen LogP contribution in [0.25, 0.3) is 33.8 Å². The average Bonchev–Trinajstić information content (AvgIpc) is 3.74. The molecule has 218 valence electrons. The highest BCUT2D eigenvalue weighted by molar-refractivity contribution is 5.93. The number of H-pyrrole nitrogens is 1. The standard InChI is InChI=1S/C37H28N6O2/c1-25-38-33(34(39-25)36(44)45)27-23-21-26(22-24-27)31-19-11-12-20-32(31)35-40-41-42-43(35)37(28-13-5-2-6-14-28,29-15-7-3-8-16-29)30-17-9-4-10-18-30/h2-24H,1H3,(H,38,39)(H,44,45). The minimum Gasteiger partial charge on any atom is -0.477 e. The highest BCUT2D eigenvalue weighted by atomic mass is 16.4. The number of rotatable bonds is 8. The number of hydrogen-bond acceptors (Lipinski definition) is 5. The molecule has 0 aliphatic carbocycles. The van der Waals surface area contributed by atoms with Crippen LogP contribution >= 0.6 is 0 Å². The van der Waals surface area contributed by atoms with Gasteiger partial charge in [-0.2, -0.15) is 0 Å². The summed E-state index contributed by atoms with van der Waals surface area (Å²) in [4.78, 5) is 19.1. The van der Waals surface area contributed by atoms with Gasteiger partial charge in [0.2, 0.25) is 0 Å². The van der Waals surface area contributed by atoms with Crippen molar-refractivity contribution in [3.05, 3.63) is 168 Å². The van der Waals surface area contributed by atoms with Crippen molar-refractivity contribution in [3.8, 4) is 33.8 Å². The van der Waals surface area contributed by atoms with Gasteiger partial charge in [-0.05, 0) is 45.2 Å². The summed E-state index contributed by atoms with van der Waals surface area (Å²) >= 11 is 0. The number of aromatic amines is 1. The van der Waals surface area contributed by atoms with Crippen molar-refractivity contribution in [3.63, 3.8) is 0 Å². The summed E-state index contributed by atoms with van der Waals surface area (Å²) in [5, 5.41) is 23.3. The van der Waals surface area contributed by atoms with Gasteiger partial charge in [0.25, 0.3) is 0 Å². The molecule has 0 radical (unpaired) electrons. The number of carboxylic acid groups (broad SMARTS) is 1. The molecule has 45 heavy (non-hydrogen) atoms. The van der Waals surface area contributed by atoms with Gasteiger partial charge in [-0.3, -0.25) is 0 Å². The number of carboxylic acids is 1. The third-order valence-electron chi connectivity index (χ3n) is 8.04. The molecule has 0 amide bonds. The number of carbonyl (C=O) groups is 1. The lowest BCUT2D eigenvalue weighted by Gasteiger charge is -2.36. The number of benzene rings is 5. The number of nitrogens with one attached hydrogen (secondary N) is 1. The first-order chi connectivity index (χ1) is 22.1. The molecule has 0 aliphatic heterocycles. The van der Waals surface area contributed by atoms with Gasteiger partial charge in [0.1, 0.15) is 17.1 Å². The van der Waals surface area contributed by atoms with Crippen molar-refractivity contribution in [1.29, 1.82) is 0 Å². The molecule has 2 N–H and O–H groups in total. The predicted molar refractivity (Wildman–Crippen MR) is 173 cm³/mol. The van der Waals surface area contributed by atoms with Crippen LogP contribution in [0.3, 0.4) is 0 Å². The van der Waals surface area contributed by atoms with Gasteiger partial charge >= 0.3 is 5.97 Å². The molecule has 0 spiro atoms. The van der Waals surface area contributed by atoms with Crippen LogP contribution in [-0.2, 0) is 5.54 Å². The van der Waals surface area contributed by atoms with E-state index in [4.69, 9.17) is 5.21 Å². The summed E-state index contributed by atoms with van der Waals surface area (Å²) in [5.74, 6) is 0.0929. The largest absolute Gasteiger partial charge is 0.477 e. The highest BCUT2D eigenvalue weighted by Gasteiger charge is 2.42. The summed E-state index contributed by atoms with van der Waals surface area (Å²) < 4.78 is 1.92. The second-order valence-electron chi connectivity index (χ2n) is 10.7. The van der Waals surface area contributed by atoms with E-state index >= 15 is 0 Å². The van der Waals surface area contributed by atoms with Gasteiger partial charge in [-0.15, -0.1) is 5.10 Å². The van der Waals surface area contributed by atoms with Crippen LogP contribution in [0.1, 0.15) is 33.0 Å². The smallest absolute Gasteiger partial charge is 0.354 e. The Balaban J connectivity index is 1.42. The fourth-order valence-electron chi connectivity index (χ4n) is 6.08. The Morgan fingerprint density at radius 2 is 1.16 bits per heavy atom. The number of hydrogen-bond donors (Lipinski definition) is 2. The van der Waals surface area contributed by atoms with E-state index in [0.717, 1.165) is 33.4 Å². The van der Waals surface area contributed by atoms with Crippen LogP contribution in [0.5, 0.6) is 0 Å². The van der Waals surface area contributed by atoms with Crippen LogP contribution in [0.15, 0.2) is 140 Å². The molecule has 0 saturated carbocycles. The number of nitrogens with zero attached hydrogens (tertiary/aromatic N) is 5. The fourth-order valence-corrected chi connectivity index (χ4v) is 6.08. The predicted octanol–water partition coefficient (Wildman–Crippen LogP) is 7.24.